The van der Waals surface area contributed by atoms with Crippen LogP contribution in [0.1, 0.15) is 36.1 Å². The van der Waals surface area contributed by atoms with Gasteiger partial charge in [0.1, 0.15) is 11.6 Å². The van der Waals surface area contributed by atoms with Gasteiger partial charge in [-0.2, -0.15) is 14.9 Å². The molecule has 0 saturated heterocycles. The zero-order valence-electron chi connectivity index (χ0n) is 17.8. The molecule has 32 heavy (non-hydrogen) atoms. The van der Waals surface area contributed by atoms with E-state index in [1.807, 2.05) is 68.4 Å². The molecule has 160 valence electrons. The van der Waals surface area contributed by atoms with E-state index in [-0.39, 0.29) is 11.8 Å². The van der Waals surface area contributed by atoms with E-state index in [1.165, 1.54) is 0 Å². The number of aromatic nitrogens is 5. The Balaban J connectivity index is 1.57. The normalized spacial score (nSPS) is 15.2. The van der Waals surface area contributed by atoms with E-state index in [2.05, 4.69) is 25.6 Å². The largest absolute Gasteiger partial charge is 0.494 e. The summed E-state index contributed by atoms with van der Waals surface area (Å²) < 4.78 is 7.13. The lowest BCUT2D eigenvalue weighted by molar-refractivity contribution is -0.116. The number of ether oxygens (including phenoxy) is 1. The van der Waals surface area contributed by atoms with Crippen LogP contribution in [0.15, 0.2) is 60.8 Å². The minimum absolute atomic E-state index is 0.0790. The van der Waals surface area contributed by atoms with Gasteiger partial charge in [0.15, 0.2) is 0 Å². The first-order valence-corrected chi connectivity index (χ1v) is 10.5. The van der Waals surface area contributed by atoms with E-state index < -0.39 is 0 Å². The van der Waals surface area contributed by atoms with Crippen LogP contribution in [0.3, 0.4) is 0 Å². The molecule has 0 saturated carbocycles. The van der Waals surface area contributed by atoms with Crippen molar-refractivity contribution in [3.63, 3.8) is 0 Å². The Labute approximate surface area is 185 Å². The summed E-state index contributed by atoms with van der Waals surface area (Å²) in [7, 11) is 0. The molecule has 0 radical (unpaired) electrons. The van der Waals surface area contributed by atoms with Gasteiger partial charge in [-0.15, -0.1) is 5.10 Å². The first kappa shape index (κ1) is 19.9. The summed E-state index contributed by atoms with van der Waals surface area (Å²) in [6, 6.07) is 17.6. The molecule has 2 aromatic heterocycles. The van der Waals surface area contributed by atoms with Crippen LogP contribution in [0, 0.1) is 6.92 Å². The van der Waals surface area contributed by atoms with Gasteiger partial charge < -0.3 is 10.1 Å². The highest BCUT2D eigenvalue weighted by Gasteiger charge is 2.33. The zero-order chi connectivity index (χ0) is 22.1. The summed E-state index contributed by atoms with van der Waals surface area (Å²) >= 11 is 0. The molecular weight excluding hydrogens is 404 g/mol. The molecule has 1 aliphatic rings. The Morgan fingerprint density at radius 1 is 1.12 bits per heavy atom. The van der Waals surface area contributed by atoms with Crippen molar-refractivity contribution >= 4 is 11.7 Å². The number of fused-ring (bicyclic) bond motifs is 1. The van der Waals surface area contributed by atoms with Gasteiger partial charge in [-0.25, -0.2) is 4.98 Å². The first-order chi connectivity index (χ1) is 15.6. The fourth-order valence-electron chi connectivity index (χ4n) is 4.07. The SMILES string of the molecule is CCOc1ccc([C@@H]2CC(=O)Nc3c2c(C)nn3-c2nncc(-c3ccccc3)n2)cc1. The third-order valence-corrected chi connectivity index (χ3v) is 5.50. The van der Waals surface area contributed by atoms with Crippen LogP contribution in [-0.2, 0) is 4.79 Å². The molecule has 1 N–H and O–H groups in total. The molecule has 0 aliphatic carbocycles. The molecule has 1 atom stereocenters. The Morgan fingerprint density at radius 3 is 2.66 bits per heavy atom. The monoisotopic (exact) mass is 426 g/mol. The Kier molecular flexibility index (Phi) is 5.10. The predicted molar refractivity (Wildman–Crippen MR) is 120 cm³/mol. The van der Waals surface area contributed by atoms with Crippen molar-refractivity contribution in [1.29, 1.82) is 0 Å². The maximum absolute atomic E-state index is 12.6. The Hall–Kier alpha value is -4.07. The number of carbonyl (C=O) groups excluding carboxylic acids is 1. The smallest absolute Gasteiger partial charge is 0.272 e. The van der Waals surface area contributed by atoms with Crippen molar-refractivity contribution in [3.05, 3.63) is 77.6 Å². The average molecular weight is 426 g/mol. The molecule has 1 aliphatic heterocycles. The van der Waals surface area contributed by atoms with E-state index >= 15 is 0 Å². The third kappa shape index (κ3) is 3.60. The molecule has 0 fully saturated rings. The van der Waals surface area contributed by atoms with E-state index in [0.717, 1.165) is 28.1 Å². The molecule has 3 heterocycles. The second-order valence-electron chi connectivity index (χ2n) is 7.57. The van der Waals surface area contributed by atoms with Crippen molar-refractivity contribution in [2.75, 3.05) is 11.9 Å². The summed E-state index contributed by atoms with van der Waals surface area (Å²) in [5, 5.41) is 15.9. The van der Waals surface area contributed by atoms with E-state index in [0.29, 0.717) is 30.5 Å². The summed E-state index contributed by atoms with van der Waals surface area (Å²) in [6.45, 7) is 4.49. The molecule has 2 aromatic carbocycles. The van der Waals surface area contributed by atoms with Gasteiger partial charge >= 0.3 is 0 Å². The van der Waals surface area contributed by atoms with Crippen LogP contribution >= 0.6 is 0 Å². The number of anilines is 1. The maximum atomic E-state index is 12.6. The summed E-state index contributed by atoms with van der Waals surface area (Å²) in [4.78, 5) is 17.3. The molecule has 0 spiro atoms. The number of nitrogens with zero attached hydrogens (tertiary/aromatic N) is 5. The van der Waals surface area contributed by atoms with Crippen molar-refractivity contribution < 1.29 is 9.53 Å². The van der Waals surface area contributed by atoms with Crippen molar-refractivity contribution in [1.82, 2.24) is 25.0 Å². The number of hydrogen-bond donors (Lipinski definition) is 1. The predicted octanol–water partition coefficient (Wildman–Crippen LogP) is 3.91. The van der Waals surface area contributed by atoms with Gasteiger partial charge in [0.2, 0.25) is 5.91 Å². The van der Waals surface area contributed by atoms with Crippen LogP contribution in [-0.4, -0.2) is 37.5 Å². The molecule has 0 unspecified atom stereocenters. The zero-order valence-corrected chi connectivity index (χ0v) is 17.8. The highest BCUT2D eigenvalue weighted by Crippen LogP contribution is 2.40. The molecular formula is C24H22N6O2. The quantitative estimate of drug-likeness (QED) is 0.520. The van der Waals surface area contributed by atoms with Gasteiger partial charge in [-0.05, 0) is 31.5 Å². The number of hydrogen-bond acceptors (Lipinski definition) is 6. The van der Waals surface area contributed by atoms with Crippen LogP contribution in [0.2, 0.25) is 0 Å². The van der Waals surface area contributed by atoms with Gasteiger partial charge in [0.05, 0.1) is 24.2 Å². The van der Waals surface area contributed by atoms with Crippen LogP contribution in [0.25, 0.3) is 17.2 Å². The lowest BCUT2D eigenvalue weighted by atomic mass is 9.86. The lowest BCUT2D eigenvalue weighted by Crippen LogP contribution is -2.25. The molecule has 0 bridgehead atoms. The number of aryl methyl sites for hydroxylation is 1. The Bertz CT molecular complexity index is 1270. The first-order valence-electron chi connectivity index (χ1n) is 10.5. The van der Waals surface area contributed by atoms with Crippen LogP contribution < -0.4 is 10.1 Å². The van der Waals surface area contributed by atoms with Crippen molar-refractivity contribution in [2.45, 2.75) is 26.2 Å². The molecule has 8 heteroatoms. The Morgan fingerprint density at radius 2 is 1.91 bits per heavy atom. The number of rotatable bonds is 5. The highest BCUT2D eigenvalue weighted by molar-refractivity contribution is 5.95. The molecule has 4 aromatic rings. The van der Waals surface area contributed by atoms with Crippen molar-refractivity contribution in [3.8, 4) is 23.0 Å². The number of nitrogens with one attached hydrogen (secondary N) is 1. The van der Waals surface area contributed by atoms with Crippen molar-refractivity contribution in [2.24, 2.45) is 0 Å². The summed E-state index contributed by atoms with van der Waals surface area (Å²) in [5.41, 5.74) is 4.42. The van der Waals surface area contributed by atoms with E-state index in [9.17, 15) is 4.79 Å². The van der Waals surface area contributed by atoms with Gasteiger partial charge in [-0.1, -0.05) is 42.5 Å². The van der Waals surface area contributed by atoms with Crippen LogP contribution in [0.5, 0.6) is 5.75 Å². The fraction of sp³-hybridized carbons (Fsp3) is 0.208. The number of amides is 1. The lowest BCUT2D eigenvalue weighted by Gasteiger charge is -2.24. The third-order valence-electron chi connectivity index (χ3n) is 5.50. The second-order valence-corrected chi connectivity index (χ2v) is 7.57. The summed E-state index contributed by atoms with van der Waals surface area (Å²) in [6.07, 6.45) is 1.96. The minimum atomic E-state index is -0.117. The maximum Gasteiger partial charge on any atom is 0.272 e. The fourth-order valence-corrected chi connectivity index (χ4v) is 4.07. The minimum Gasteiger partial charge on any atom is -0.494 e. The van der Waals surface area contributed by atoms with Gasteiger partial charge in [-0.3, -0.25) is 4.79 Å². The standard InChI is InChI=1S/C24H22N6O2/c1-3-32-18-11-9-16(10-12-18)19-13-21(31)27-23-22(19)15(2)29-30(23)24-26-20(14-25-28-24)17-7-5-4-6-8-17/h4-12,14,19H,3,13H2,1-2H3,(H,27,31)/t19-/m0/s1. The second kappa shape index (κ2) is 8.22. The summed E-state index contributed by atoms with van der Waals surface area (Å²) in [5.74, 6) is 1.51. The molecule has 8 nitrogen and oxygen atoms in total. The van der Waals surface area contributed by atoms with E-state index in [4.69, 9.17) is 4.74 Å². The van der Waals surface area contributed by atoms with Gasteiger partial charge in [0, 0.05) is 23.5 Å². The van der Waals surface area contributed by atoms with Crippen LogP contribution in [0.4, 0.5) is 5.82 Å². The van der Waals surface area contributed by atoms with E-state index in [1.54, 1.807) is 10.9 Å². The molecule has 1 amide bonds. The topological polar surface area (TPSA) is 94.8 Å². The average Bonchev–Trinajstić information content (AvgIpc) is 3.16. The number of carbonyl (C=O) groups is 1. The number of benzene rings is 2. The van der Waals surface area contributed by atoms with Gasteiger partial charge in [0.25, 0.3) is 5.95 Å². The highest BCUT2D eigenvalue weighted by atomic mass is 16.5. The molecule has 5 rings (SSSR count).